The van der Waals surface area contributed by atoms with Crippen LogP contribution in [0.3, 0.4) is 0 Å². The number of aromatic nitrogens is 2. The molecule has 3 aliphatic rings. The molecule has 1 saturated carbocycles. The molecule has 1 aliphatic carbocycles. The predicted octanol–water partition coefficient (Wildman–Crippen LogP) is 4.60. The third-order valence-electron chi connectivity index (χ3n) is 8.60. The summed E-state index contributed by atoms with van der Waals surface area (Å²) in [6, 6.07) is 6.61. The number of piperazine rings is 1. The number of alkyl halides is 3. The fourth-order valence-corrected chi connectivity index (χ4v) is 6.67. The van der Waals surface area contributed by atoms with Crippen molar-refractivity contribution < 1.29 is 22.7 Å². The van der Waals surface area contributed by atoms with Crippen molar-refractivity contribution >= 4 is 29.0 Å². The van der Waals surface area contributed by atoms with E-state index >= 15 is 0 Å². The zero-order valence-electron chi connectivity index (χ0n) is 24.0. The molecule has 0 bridgehead atoms. The van der Waals surface area contributed by atoms with Crippen LogP contribution < -0.4 is 19.9 Å². The van der Waals surface area contributed by atoms with E-state index in [1.54, 1.807) is 9.80 Å². The van der Waals surface area contributed by atoms with Gasteiger partial charge in [-0.15, -0.1) is 0 Å². The largest absolute Gasteiger partial charge is 0.463 e. The van der Waals surface area contributed by atoms with E-state index in [1.807, 2.05) is 11.9 Å². The number of nitriles is 1. The molecule has 230 valence electrons. The number of carbonyl (C=O) groups excluding carboxylic acids is 1. The number of benzene rings is 1. The summed E-state index contributed by atoms with van der Waals surface area (Å²) in [6.07, 6.45) is 0.224. The summed E-state index contributed by atoms with van der Waals surface area (Å²) in [7, 11) is 1.95. The lowest BCUT2D eigenvalue weighted by molar-refractivity contribution is -0.137. The molecule has 1 amide bonds. The van der Waals surface area contributed by atoms with Crippen molar-refractivity contribution in [3.8, 4) is 12.1 Å². The molecule has 0 radical (unpaired) electrons. The van der Waals surface area contributed by atoms with E-state index in [0.717, 1.165) is 24.8 Å². The average Bonchev–Trinajstić information content (AvgIpc) is 3.46. The summed E-state index contributed by atoms with van der Waals surface area (Å²) in [4.78, 5) is 27.3. The van der Waals surface area contributed by atoms with E-state index in [1.165, 1.54) is 24.3 Å². The van der Waals surface area contributed by atoms with Crippen LogP contribution in [0.1, 0.15) is 42.5 Å². The van der Waals surface area contributed by atoms with E-state index in [9.17, 15) is 23.2 Å². The van der Waals surface area contributed by atoms with Gasteiger partial charge in [-0.3, -0.25) is 4.79 Å². The molecule has 9 nitrogen and oxygen atoms in total. The highest BCUT2D eigenvalue weighted by molar-refractivity contribution is 6.31. The molecule has 1 N–H and O–H groups in total. The van der Waals surface area contributed by atoms with Crippen molar-refractivity contribution in [2.75, 3.05) is 49.6 Å². The first-order valence-corrected chi connectivity index (χ1v) is 14.9. The maximum Gasteiger partial charge on any atom is 0.419 e. The molecule has 1 aromatic carbocycles. The van der Waals surface area contributed by atoms with Crippen LogP contribution in [0.25, 0.3) is 0 Å². The number of ether oxygens (including phenoxy) is 1. The third-order valence-corrected chi connectivity index (χ3v) is 8.92. The Morgan fingerprint density at radius 3 is 2.77 bits per heavy atom. The summed E-state index contributed by atoms with van der Waals surface area (Å²) in [5, 5.41) is 12.4. The second-order valence-corrected chi connectivity index (χ2v) is 11.6. The van der Waals surface area contributed by atoms with Gasteiger partial charge >= 0.3 is 12.2 Å². The molecule has 1 aromatic heterocycles. The van der Waals surface area contributed by atoms with Gasteiger partial charge < -0.3 is 24.8 Å². The first-order chi connectivity index (χ1) is 20.6. The first-order valence-electron chi connectivity index (χ1n) is 14.5. The highest BCUT2D eigenvalue weighted by atomic mass is 35.5. The van der Waals surface area contributed by atoms with Gasteiger partial charge in [0.05, 0.1) is 53.7 Å². The summed E-state index contributed by atoms with van der Waals surface area (Å²) in [5.74, 6) is 0.740. The van der Waals surface area contributed by atoms with Gasteiger partial charge in [-0.05, 0) is 56.9 Å². The fourth-order valence-electron chi connectivity index (χ4n) is 6.39. The monoisotopic (exact) mass is 617 g/mol. The summed E-state index contributed by atoms with van der Waals surface area (Å²) in [5.41, 5.74) is 0.548. The zero-order valence-corrected chi connectivity index (χ0v) is 24.8. The van der Waals surface area contributed by atoms with Crippen LogP contribution >= 0.6 is 11.6 Å². The Labute approximate surface area is 254 Å². The second-order valence-electron chi connectivity index (χ2n) is 11.2. The molecular weight excluding hydrogens is 583 g/mol. The molecule has 13 heteroatoms. The molecule has 1 saturated heterocycles. The number of hydrogen-bond acceptors (Lipinski definition) is 8. The number of carbonyl (C=O) groups is 1. The Morgan fingerprint density at radius 2 is 2.07 bits per heavy atom. The van der Waals surface area contributed by atoms with Crippen molar-refractivity contribution in [2.45, 2.75) is 56.9 Å². The Hall–Kier alpha value is -3.56. The van der Waals surface area contributed by atoms with Gasteiger partial charge in [0.1, 0.15) is 5.82 Å². The fraction of sp³-hybridized carbons (Fsp3) is 0.533. The molecule has 43 heavy (non-hydrogen) atoms. The van der Waals surface area contributed by atoms with Crippen LogP contribution in [-0.2, 0) is 23.9 Å². The molecule has 0 spiro atoms. The van der Waals surface area contributed by atoms with E-state index < -0.39 is 11.7 Å². The minimum atomic E-state index is -4.62. The molecular formula is C30H35ClF3N7O2. The van der Waals surface area contributed by atoms with Crippen molar-refractivity contribution in [3.05, 3.63) is 52.7 Å². The Kier molecular flexibility index (Phi) is 9.32. The van der Waals surface area contributed by atoms with Crippen LogP contribution in [0.15, 0.2) is 30.9 Å². The highest BCUT2D eigenvalue weighted by Crippen LogP contribution is 2.43. The standard InChI is InChI=1S/C30H35ClF3N7O2/c1-3-26(42)41-14-13-40(16-21(41)9-11-35)28-22-10-12-39(25-6-4-5-23(31)27(25)30(32,33)34)17-24(22)37-29(38-28)43-18-19-7-8-20(15-19)36-2/h3-6,19-21,36H,1,7-10,12-18H2,2H3/t19-,20+,21-/m0/s1. The number of fused-ring (bicyclic) bond motifs is 1. The van der Waals surface area contributed by atoms with Gasteiger partial charge in [-0.2, -0.15) is 28.4 Å². The normalized spacial score (nSPS) is 22.2. The van der Waals surface area contributed by atoms with E-state index in [4.69, 9.17) is 26.3 Å². The van der Waals surface area contributed by atoms with Gasteiger partial charge in [0.15, 0.2) is 0 Å². The quantitative estimate of drug-likeness (QED) is 0.430. The second kappa shape index (κ2) is 13.0. The number of anilines is 2. The number of rotatable bonds is 8. The minimum absolute atomic E-state index is 0.00276. The number of nitrogens with zero attached hydrogens (tertiary/aromatic N) is 6. The molecule has 3 heterocycles. The van der Waals surface area contributed by atoms with Crippen LogP contribution in [0.5, 0.6) is 6.01 Å². The van der Waals surface area contributed by atoms with Crippen LogP contribution in [0, 0.1) is 17.2 Å². The van der Waals surface area contributed by atoms with Gasteiger partial charge in [0.2, 0.25) is 5.91 Å². The summed E-state index contributed by atoms with van der Waals surface area (Å²) >= 11 is 6.03. The van der Waals surface area contributed by atoms with Gasteiger partial charge in [-0.1, -0.05) is 24.2 Å². The smallest absolute Gasteiger partial charge is 0.419 e. The molecule has 2 fully saturated rings. The molecule has 2 aliphatic heterocycles. The maximum atomic E-state index is 14.0. The number of hydrogen-bond donors (Lipinski definition) is 1. The van der Waals surface area contributed by atoms with E-state index in [-0.39, 0.29) is 41.6 Å². The van der Waals surface area contributed by atoms with Crippen molar-refractivity contribution in [3.63, 3.8) is 0 Å². The molecule has 5 rings (SSSR count). The lowest BCUT2D eigenvalue weighted by Crippen LogP contribution is -2.55. The molecule has 2 aromatic rings. The number of halogens is 4. The lowest BCUT2D eigenvalue weighted by Gasteiger charge is -2.42. The van der Waals surface area contributed by atoms with Gasteiger partial charge in [-0.25, -0.2) is 0 Å². The lowest BCUT2D eigenvalue weighted by atomic mass is 10.0. The van der Waals surface area contributed by atoms with Gasteiger partial charge in [0.25, 0.3) is 0 Å². The minimum Gasteiger partial charge on any atom is -0.463 e. The molecule has 0 unspecified atom stereocenters. The SMILES string of the molecule is C=CC(=O)N1CCN(c2nc(OC[C@H]3CC[C@@H](NC)C3)nc3c2CCN(c2cccc(Cl)c2C(F)(F)F)C3)C[C@@H]1CC#N. The molecule has 3 atom stereocenters. The van der Waals surface area contributed by atoms with E-state index in [0.29, 0.717) is 62.7 Å². The van der Waals surface area contributed by atoms with E-state index in [2.05, 4.69) is 18.0 Å². The van der Waals surface area contributed by atoms with Crippen molar-refractivity contribution in [1.82, 2.24) is 20.2 Å². The number of nitrogens with one attached hydrogen (secondary N) is 1. The highest BCUT2D eigenvalue weighted by Gasteiger charge is 2.39. The summed E-state index contributed by atoms with van der Waals surface area (Å²) < 4.78 is 48.2. The van der Waals surface area contributed by atoms with Crippen LogP contribution in [0.2, 0.25) is 5.02 Å². The zero-order chi connectivity index (χ0) is 30.7. The Balaban J connectivity index is 1.47. The van der Waals surface area contributed by atoms with Gasteiger partial charge in [0, 0.05) is 37.8 Å². The van der Waals surface area contributed by atoms with Crippen molar-refractivity contribution in [1.29, 1.82) is 5.26 Å². The van der Waals surface area contributed by atoms with Crippen LogP contribution in [-0.4, -0.2) is 72.7 Å². The number of amides is 1. The first kappa shape index (κ1) is 30.9. The maximum absolute atomic E-state index is 14.0. The summed E-state index contributed by atoms with van der Waals surface area (Å²) in [6.45, 7) is 5.66. The van der Waals surface area contributed by atoms with Crippen LogP contribution in [0.4, 0.5) is 24.7 Å². The topological polar surface area (TPSA) is 97.6 Å². The van der Waals surface area contributed by atoms with Crippen molar-refractivity contribution in [2.24, 2.45) is 5.92 Å². The average molecular weight is 618 g/mol. The Morgan fingerprint density at radius 1 is 1.26 bits per heavy atom. The third kappa shape index (κ3) is 6.68. The Bertz CT molecular complexity index is 1400. The predicted molar refractivity (Wildman–Crippen MR) is 157 cm³/mol.